The number of nitrogens with zero attached hydrogens (tertiary/aromatic N) is 2. The maximum atomic E-state index is 3.10. The minimum Gasteiger partial charge on any atom is -0.372 e. The predicted molar refractivity (Wildman–Crippen MR) is 114 cm³/mol. The van der Waals surface area contributed by atoms with Crippen molar-refractivity contribution in [2.75, 3.05) is 23.9 Å². The summed E-state index contributed by atoms with van der Waals surface area (Å²) in [5.74, 6) is 12.1. The molecule has 0 fully saturated rings. The zero-order chi connectivity index (χ0) is 19.1. The first-order valence-corrected chi connectivity index (χ1v) is 9.06. The third-order valence-electron chi connectivity index (χ3n) is 4.57. The molecule has 134 valence electrons. The molecular formula is C24H28N2. The Morgan fingerprint density at radius 3 is 1.15 bits per heavy atom. The van der Waals surface area contributed by atoms with Crippen molar-refractivity contribution < 1.29 is 0 Å². The van der Waals surface area contributed by atoms with Gasteiger partial charge >= 0.3 is 0 Å². The van der Waals surface area contributed by atoms with Crippen LogP contribution in [0.15, 0.2) is 48.5 Å². The van der Waals surface area contributed by atoms with E-state index in [1.165, 1.54) is 11.4 Å². The first-order chi connectivity index (χ1) is 12.4. The monoisotopic (exact) mass is 344 g/mol. The van der Waals surface area contributed by atoms with Gasteiger partial charge in [-0.05, 0) is 88.1 Å². The molecule has 0 radical (unpaired) electrons. The van der Waals surface area contributed by atoms with Crippen LogP contribution in [0.1, 0.15) is 38.8 Å². The van der Waals surface area contributed by atoms with Crippen LogP contribution in [0.4, 0.5) is 11.4 Å². The van der Waals surface area contributed by atoms with Crippen LogP contribution in [0.2, 0.25) is 0 Å². The Morgan fingerprint density at radius 2 is 0.885 bits per heavy atom. The first-order valence-electron chi connectivity index (χ1n) is 9.06. The summed E-state index contributed by atoms with van der Waals surface area (Å²) in [4.78, 5) is 4.47. The molecule has 2 aromatic rings. The van der Waals surface area contributed by atoms with Crippen molar-refractivity contribution in [3.8, 4) is 23.7 Å². The van der Waals surface area contributed by atoms with Crippen molar-refractivity contribution in [1.29, 1.82) is 0 Å². The zero-order valence-corrected chi connectivity index (χ0v) is 16.7. The SMILES string of the molecule is CC(C)N(C)c1ccc(C#CC#Cc2ccc(N(C)C(C)C)cc2)cc1. The van der Waals surface area contributed by atoms with E-state index in [9.17, 15) is 0 Å². The lowest BCUT2D eigenvalue weighted by molar-refractivity contribution is 0.755. The van der Waals surface area contributed by atoms with Gasteiger partial charge in [-0.2, -0.15) is 0 Å². The van der Waals surface area contributed by atoms with Crippen LogP contribution in [0.25, 0.3) is 0 Å². The summed E-state index contributed by atoms with van der Waals surface area (Å²) in [5, 5.41) is 0. The molecule has 26 heavy (non-hydrogen) atoms. The van der Waals surface area contributed by atoms with Gasteiger partial charge in [0, 0.05) is 48.7 Å². The maximum absolute atomic E-state index is 3.10. The van der Waals surface area contributed by atoms with Gasteiger partial charge in [-0.3, -0.25) is 0 Å². The lowest BCUT2D eigenvalue weighted by Gasteiger charge is -2.23. The quantitative estimate of drug-likeness (QED) is 0.737. The highest BCUT2D eigenvalue weighted by atomic mass is 15.1. The molecule has 0 spiro atoms. The molecule has 2 nitrogen and oxygen atoms in total. The number of benzene rings is 2. The molecule has 0 N–H and O–H groups in total. The lowest BCUT2D eigenvalue weighted by atomic mass is 10.1. The van der Waals surface area contributed by atoms with E-state index in [0.29, 0.717) is 12.1 Å². The van der Waals surface area contributed by atoms with Gasteiger partial charge in [0.15, 0.2) is 0 Å². The highest BCUT2D eigenvalue weighted by Crippen LogP contribution is 2.16. The molecule has 0 aromatic heterocycles. The molecular weight excluding hydrogens is 316 g/mol. The number of hydrogen-bond acceptors (Lipinski definition) is 2. The number of rotatable bonds is 4. The Labute approximate surface area is 158 Å². The molecule has 2 heteroatoms. The van der Waals surface area contributed by atoms with E-state index in [1.807, 2.05) is 24.3 Å². The van der Waals surface area contributed by atoms with Crippen molar-refractivity contribution in [2.24, 2.45) is 0 Å². The topological polar surface area (TPSA) is 6.48 Å². The molecule has 2 rings (SSSR count). The van der Waals surface area contributed by atoms with Crippen molar-refractivity contribution in [3.63, 3.8) is 0 Å². The second kappa shape index (κ2) is 9.02. The third-order valence-corrected chi connectivity index (χ3v) is 4.57. The van der Waals surface area contributed by atoms with Gasteiger partial charge in [0.25, 0.3) is 0 Å². The second-order valence-corrected chi connectivity index (χ2v) is 7.00. The van der Waals surface area contributed by atoms with Crippen LogP contribution in [0.5, 0.6) is 0 Å². The van der Waals surface area contributed by atoms with Crippen LogP contribution >= 0.6 is 0 Å². The van der Waals surface area contributed by atoms with Crippen LogP contribution in [-0.4, -0.2) is 26.2 Å². The van der Waals surface area contributed by atoms with E-state index < -0.39 is 0 Å². The summed E-state index contributed by atoms with van der Waals surface area (Å²) >= 11 is 0. The molecule has 0 aliphatic carbocycles. The van der Waals surface area contributed by atoms with Crippen LogP contribution in [0.3, 0.4) is 0 Å². The van der Waals surface area contributed by atoms with E-state index in [0.717, 1.165) is 11.1 Å². The summed E-state index contributed by atoms with van der Waals surface area (Å²) in [6.07, 6.45) is 0. The van der Waals surface area contributed by atoms with E-state index >= 15 is 0 Å². The van der Waals surface area contributed by atoms with E-state index in [4.69, 9.17) is 0 Å². The average Bonchev–Trinajstić information content (AvgIpc) is 2.65. The summed E-state index contributed by atoms with van der Waals surface area (Å²) in [6.45, 7) is 8.71. The van der Waals surface area contributed by atoms with Gasteiger partial charge in [0.2, 0.25) is 0 Å². The van der Waals surface area contributed by atoms with Crippen LogP contribution in [-0.2, 0) is 0 Å². The normalized spacial score (nSPS) is 10.0. The average molecular weight is 345 g/mol. The fourth-order valence-electron chi connectivity index (χ4n) is 2.36. The fraction of sp³-hybridized carbons (Fsp3) is 0.333. The first kappa shape index (κ1) is 19.5. The molecule has 0 bridgehead atoms. The molecule has 0 heterocycles. The summed E-state index contributed by atoms with van der Waals surface area (Å²) in [5.41, 5.74) is 4.36. The van der Waals surface area contributed by atoms with Crippen molar-refractivity contribution in [3.05, 3.63) is 59.7 Å². The molecule has 0 atom stereocenters. The van der Waals surface area contributed by atoms with Crippen molar-refractivity contribution in [1.82, 2.24) is 0 Å². The van der Waals surface area contributed by atoms with Gasteiger partial charge in [0.1, 0.15) is 0 Å². The molecule has 0 saturated carbocycles. The van der Waals surface area contributed by atoms with E-state index in [1.54, 1.807) is 0 Å². The number of hydrogen-bond donors (Lipinski definition) is 0. The van der Waals surface area contributed by atoms with Gasteiger partial charge in [0.05, 0.1) is 0 Å². The molecule has 0 aliphatic heterocycles. The smallest absolute Gasteiger partial charge is 0.0366 e. The molecule has 0 saturated heterocycles. The summed E-state index contributed by atoms with van der Waals surface area (Å²) in [6, 6.07) is 17.5. The summed E-state index contributed by atoms with van der Waals surface area (Å²) in [7, 11) is 4.20. The minimum atomic E-state index is 0.476. The zero-order valence-electron chi connectivity index (χ0n) is 16.7. The van der Waals surface area contributed by atoms with E-state index in [-0.39, 0.29) is 0 Å². The van der Waals surface area contributed by atoms with Gasteiger partial charge in [-0.25, -0.2) is 0 Å². The third kappa shape index (κ3) is 5.33. The molecule has 0 amide bonds. The van der Waals surface area contributed by atoms with Gasteiger partial charge in [-0.15, -0.1) is 0 Å². The number of anilines is 2. The maximum Gasteiger partial charge on any atom is 0.0366 e. The highest BCUT2D eigenvalue weighted by Gasteiger charge is 2.04. The standard InChI is InChI=1S/C24H28N2/c1-19(2)25(5)23-15-11-21(12-16-23)9-7-8-10-22-13-17-24(18-14-22)26(6)20(3)4/h11-20H,1-6H3. The second-order valence-electron chi connectivity index (χ2n) is 7.00. The Balaban J connectivity index is 2.02. The van der Waals surface area contributed by atoms with Crippen molar-refractivity contribution >= 4 is 11.4 Å². The van der Waals surface area contributed by atoms with Crippen LogP contribution in [0, 0.1) is 23.7 Å². The Hall–Kier alpha value is -2.84. The Kier molecular flexibility index (Phi) is 6.76. The Morgan fingerprint density at radius 1 is 0.577 bits per heavy atom. The van der Waals surface area contributed by atoms with Gasteiger partial charge < -0.3 is 9.80 Å². The highest BCUT2D eigenvalue weighted by molar-refractivity contribution is 5.53. The Bertz CT molecular complexity index is 749. The van der Waals surface area contributed by atoms with Crippen LogP contribution < -0.4 is 9.80 Å². The minimum absolute atomic E-state index is 0.476. The lowest BCUT2D eigenvalue weighted by Crippen LogP contribution is -2.25. The van der Waals surface area contributed by atoms with Gasteiger partial charge in [-0.1, -0.05) is 11.8 Å². The molecule has 2 aromatic carbocycles. The largest absolute Gasteiger partial charge is 0.372 e. The molecule has 0 aliphatic rings. The van der Waals surface area contributed by atoms with E-state index in [2.05, 4.69) is 99.5 Å². The summed E-state index contributed by atoms with van der Waals surface area (Å²) < 4.78 is 0. The molecule has 0 unspecified atom stereocenters. The predicted octanol–water partition coefficient (Wildman–Crippen LogP) is 4.78. The fourth-order valence-corrected chi connectivity index (χ4v) is 2.36. The van der Waals surface area contributed by atoms with Crippen molar-refractivity contribution in [2.45, 2.75) is 39.8 Å².